The van der Waals surface area contributed by atoms with Gasteiger partial charge in [-0.15, -0.1) is 0 Å². The molecule has 5 heteroatoms. The van der Waals surface area contributed by atoms with Gasteiger partial charge in [-0.2, -0.15) is 0 Å². The molecule has 0 heterocycles. The molecular weight excluding hydrogens is 201 g/mol. The molecule has 0 bridgehead atoms. The van der Waals surface area contributed by atoms with E-state index in [2.05, 4.69) is 0 Å². The summed E-state index contributed by atoms with van der Waals surface area (Å²) >= 11 is 0. The summed E-state index contributed by atoms with van der Waals surface area (Å²) < 4.78 is 0. The topological polar surface area (TPSA) is 60.8 Å². The number of carbonyl (C=O) groups excluding carboxylic acids is 1. The first-order valence-corrected chi connectivity index (χ1v) is 5.26. The lowest BCUT2D eigenvalue weighted by Gasteiger charge is -2.11. The lowest BCUT2D eigenvalue weighted by Crippen LogP contribution is -2.22. The maximum absolute atomic E-state index is 11.5. The van der Waals surface area contributed by atoms with Crippen LogP contribution in [0.4, 0.5) is 0 Å². The minimum Gasteiger partial charge on any atom is -0.347 e. The van der Waals surface area contributed by atoms with Crippen LogP contribution in [-0.4, -0.2) is 34.7 Å². The van der Waals surface area contributed by atoms with Gasteiger partial charge in [0.05, 0.1) is 0 Å². The Morgan fingerprint density at radius 2 is 2.00 bits per heavy atom. The molecular formula is C9H12NO3P. The molecule has 0 fully saturated rings. The predicted molar refractivity (Wildman–Crippen MR) is 55.5 cm³/mol. The van der Waals surface area contributed by atoms with Crippen LogP contribution in [0.1, 0.15) is 10.4 Å². The first kappa shape index (κ1) is 11.1. The molecule has 0 atom stereocenters. The van der Waals surface area contributed by atoms with Gasteiger partial charge in [-0.05, 0) is 18.2 Å². The summed E-state index contributed by atoms with van der Waals surface area (Å²) in [6.45, 7) is 0. The Bertz CT molecular complexity index is 339. The normalized spacial score (nSPS) is 10.4. The lowest BCUT2D eigenvalue weighted by atomic mass is 10.2. The van der Waals surface area contributed by atoms with Crippen molar-refractivity contribution < 1.29 is 14.6 Å². The van der Waals surface area contributed by atoms with Gasteiger partial charge in [0.2, 0.25) is 0 Å². The van der Waals surface area contributed by atoms with Gasteiger partial charge in [-0.25, -0.2) is 0 Å². The average molecular weight is 213 g/mol. The highest BCUT2D eigenvalue weighted by atomic mass is 31.2. The molecule has 0 aromatic heterocycles. The zero-order valence-electron chi connectivity index (χ0n) is 8.01. The molecule has 1 aromatic rings. The van der Waals surface area contributed by atoms with Crippen molar-refractivity contribution in [3.8, 4) is 0 Å². The Hall–Kier alpha value is -0.960. The summed E-state index contributed by atoms with van der Waals surface area (Å²) in [4.78, 5) is 30.9. The zero-order valence-corrected chi connectivity index (χ0v) is 8.90. The molecule has 0 aliphatic carbocycles. The summed E-state index contributed by atoms with van der Waals surface area (Å²) in [7, 11) is 1.17. The van der Waals surface area contributed by atoms with Crippen LogP contribution >= 0.6 is 8.38 Å². The van der Waals surface area contributed by atoms with Crippen molar-refractivity contribution >= 4 is 19.6 Å². The highest BCUT2D eigenvalue weighted by Crippen LogP contribution is 2.22. The van der Waals surface area contributed by atoms with Crippen LogP contribution in [0.3, 0.4) is 0 Å². The van der Waals surface area contributed by atoms with E-state index in [4.69, 9.17) is 9.79 Å². The summed E-state index contributed by atoms with van der Waals surface area (Å²) in [5, 5.41) is 0.382. The van der Waals surface area contributed by atoms with E-state index in [0.717, 1.165) is 0 Å². The second kappa shape index (κ2) is 4.51. The van der Waals surface area contributed by atoms with Crippen molar-refractivity contribution in [3.05, 3.63) is 29.8 Å². The van der Waals surface area contributed by atoms with Crippen molar-refractivity contribution in [1.29, 1.82) is 0 Å². The molecule has 1 amide bonds. The fraction of sp³-hybridized carbons (Fsp3) is 0.222. The number of carbonyl (C=O) groups is 1. The Balaban J connectivity index is 3.00. The summed E-state index contributed by atoms with van der Waals surface area (Å²) in [6, 6.07) is 6.35. The van der Waals surface area contributed by atoms with E-state index in [1.807, 2.05) is 0 Å². The van der Waals surface area contributed by atoms with E-state index in [-0.39, 0.29) is 5.91 Å². The Labute approximate surface area is 83.7 Å². The van der Waals surface area contributed by atoms with Gasteiger partial charge in [0.1, 0.15) is 0 Å². The second-order valence-electron chi connectivity index (χ2n) is 3.04. The van der Waals surface area contributed by atoms with E-state index in [1.165, 1.54) is 11.0 Å². The first-order chi connectivity index (χ1) is 6.52. The molecule has 0 aliphatic rings. The van der Waals surface area contributed by atoms with Gasteiger partial charge >= 0.3 is 0 Å². The van der Waals surface area contributed by atoms with Crippen molar-refractivity contribution in [3.63, 3.8) is 0 Å². The molecule has 0 aliphatic heterocycles. The smallest absolute Gasteiger partial charge is 0.253 e. The summed E-state index contributed by atoms with van der Waals surface area (Å²) in [5.41, 5.74) is 0.461. The van der Waals surface area contributed by atoms with Crippen molar-refractivity contribution in [2.75, 3.05) is 14.1 Å². The second-order valence-corrected chi connectivity index (χ2v) is 4.13. The molecule has 76 valence electrons. The zero-order chi connectivity index (χ0) is 10.7. The van der Waals surface area contributed by atoms with Crippen LogP contribution in [0.5, 0.6) is 0 Å². The molecule has 0 saturated heterocycles. The predicted octanol–water partition coefficient (Wildman–Crippen LogP) is 0.310. The molecule has 0 spiro atoms. The van der Waals surface area contributed by atoms with E-state index >= 15 is 0 Å². The molecule has 0 saturated carbocycles. The molecule has 1 aromatic carbocycles. The molecule has 2 N–H and O–H groups in total. The van der Waals surface area contributed by atoms with Crippen LogP contribution in [0.25, 0.3) is 0 Å². The summed E-state index contributed by atoms with van der Waals surface area (Å²) in [6.07, 6.45) is 0. The third kappa shape index (κ3) is 2.51. The van der Waals surface area contributed by atoms with Crippen molar-refractivity contribution in [2.45, 2.75) is 0 Å². The number of hydrogen-bond acceptors (Lipinski definition) is 3. The SMILES string of the molecule is CN(C)C(=O)c1cccc(P(O)O)c1. The molecule has 14 heavy (non-hydrogen) atoms. The van der Waals surface area contributed by atoms with E-state index < -0.39 is 8.38 Å². The number of nitrogens with zero attached hydrogens (tertiary/aromatic N) is 1. The lowest BCUT2D eigenvalue weighted by molar-refractivity contribution is 0.0827. The van der Waals surface area contributed by atoms with Gasteiger partial charge in [-0.1, -0.05) is 6.07 Å². The molecule has 0 unspecified atom stereocenters. The van der Waals surface area contributed by atoms with E-state index in [0.29, 0.717) is 10.9 Å². The van der Waals surface area contributed by atoms with Crippen LogP contribution in [0.2, 0.25) is 0 Å². The fourth-order valence-electron chi connectivity index (χ4n) is 1.02. The Morgan fingerprint density at radius 1 is 1.36 bits per heavy atom. The van der Waals surface area contributed by atoms with Gasteiger partial charge in [-0.3, -0.25) is 4.79 Å². The number of rotatable bonds is 2. The average Bonchev–Trinajstić information content (AvgIpc) is 2.16. The maximum atomic E-state index is 11.5. The Morgan fingerprint density at radius 3 is 2.50 bits per heavy atom. The molecule has 0 radical (unpaired) electrons. The van der Waals surface area contributed by atoms with Crippen molar-refractivity contribution in [1.82, 2.24) is 4.90 Å². The van der Waals surface area contributed by atoms with Gasteiger partial charge in [0, 0.05) is 25.0 Å². The van der Waals surface area contributed by atoms with E-state index in [9.17, 15) is 4.79 Å². The summed E-state index contributed by atoms with van der Waals surface area (Å²) in [5.74, 6) is -0.149. The fourth-order valence-corrected chi connectivity index (χ4v) is 1.50. The molecule has 1 rings (SSSR count). The van der Waals surface area contributed by atoms with Gasteiger partial charge in [0.25, 0.3) is 5.91 Å². The largest absolute Gasteiger partial charge is 0.347 e. The van der Waals surface area contributed by atoms with Crippen LogP contribution in [-0.2, 0) is 0 Å². The van der Waals surface area contributed by atoms with Crippen LogP contribution in [0, 0.1) is 0 Å². The Kier molecular flexibility index (Phi) is 3.58. The standard InChI is InChI=1S/C9H12NO3P/c1-10(2)9(11)7-4-3-5-8(6-7)14(12)13/h3-6,12-13H,1-2H3. The minimum atomic E-state index is -2.13. The maximum Gasteiger partial charge on any atom is 0.253 e. The third-order valence-electron chi connectivity index (χ3n) is 1.73. The highest BCUT2D eigenvalue weighted by Gasteiger charge is 2.10. The third-order valence-corrected chi connectivity index (χ3v) is 2.47. The van der Waals surface area contributed by atoms with Crippen LogP contribution in [0.15, 0.2) is 24.3 Å². The number of benzene rings is 1. The van der Waals surface area contributed by atoms with E-state index in [1.54, 1.807) is 32.3 Å². The van der Waals surface area contributed by atoms with Gasteiger partial charge in [0.15, 0.2) is 8.38 Å². The van der Waals surface area contributed by atoms with Crippen LogP contribution < -0.4 is 5.30 Å². The molecule has 4 nitrogen and oxygen atoms in total. The number of amides is 1. The quantitative estimate of drug-likeness (QED) is 0.695. The van der Waals surface area contributed by atoms with Crippen molar-refractivity contribution in [2.24, 2.45) is 0 Å². The first-order valence-electron chi connectivity index (χ1n) is 4.02. The highest BCUT2D eigenvalue weighted by molar-refractivity contribution is 7.54. The van der Waals surface area contributed by atoms with Gasteiger partial charge < -0.3 is 14.7 Å². The number of hydrogen-bond donors (Lipinski definition) is 2. The minimum absolute atomic E-state index is 0.149. The monoisotopic (exact) mass is 213 g/mol.